The van der Waals surface area contributed by atoms with Gasteiger partial charge in [0, 0.05) is 11.9 Å². The number of methoxy groups -OCH3 is 1. The first-order valence-electron chi connectivity index (χ1n) is 5.54. The molecule has 0 radical (unpaired) electrons. The van der Waals surface area contributed by atoms with Crippen molar-refractivity contribution in [1.29, 1.82) is 0 Å². The summed E-state index contributed by atoms with van der Waals surface area (Å²) in [5.74, 6) is 0.732. The number of hydrogen-bond acceptors (Lipinski definition) is 6. The smallest absolute Gasteiger partial charge is 0.244 e. The zero-order valence-electron chi connectivity index (χ0n) is 10.8. The van der Waals surface area contributed by atoms with Crippen LogP contribution >= 0.6 is 11.6 Å². The topological polar surface area (TPSA) is 94.3 Å². The second kappa shape index (κ2) is 5.78. The fourth-order valence-electron chi connectivity index (χ4n) is 1.50. The van der Waals surface area contributed by atoms with Crippen LogP contribution in [0.5, 0.6) is 5.75 Å². The number of nitrogens with one attached hydrogen (secondary N) is 1. The van der Waals surface area contributed by atoms with Crippen LogP contribution in [-0.2, 0) is 16.6 Å². The highest BCUT2D eigenvalue weighted by Gasteiger charge is 2.20. The van der Waals surface area contributed by atoms with Gasteiger partial charge in [-0.05, 0) is 18.2 Å². The largest absolute Gasteiger partial charge is 0.495 e. The maximum Gasteiger partial charge on any atom is 0.244 e. The van der Waals surface area contributed by atoms with E-state index in [0.717, 1.165) is 0 Å². The lowest BCUT2D eigenvalue weighted by atomic mass is 10.3. The van der Waals surface area contributed by atoms with Gasteiger partial charge in [-0.3, -0.25) is 0 Å². The fraction of sp³-hybridized carbons (Fsp3) is 0.273. The van der Waals surface area contributed by atoms with Crippen molar-refractivity contribution in [2.75, 3.05) is 7.11 Å². The zero-order chi connectivity index (χ0) is 14.8. The highest BCUT2D eigenvalue weighted by molar-refractivity contribution is 7.89. The number of rotatable bonds is 5. The molecule has 0 bridgehead atoms. The standard InChI is InChI=1S/C11H12ClN3O4S/c1-7-14-15-11(19-7)6-13-20(16,17)10-5-8(12)3-4-9(10)18-2/h3-5,13H,6H2,1-2H3. The van der Waals surface area contributed by atoms with E-state index in [0.29, 0.717) is 10.9 Å². The van der Waals surface area contributed by atoms with Gasteiger partial charge in [0.2, 0.25) is 21.8 Å². The van der Waals surface area contributed by atoms with Crippen LogP contribution in [-0.4, -0.2) is 25.7 Å². The number of aromatic nitrogens is 2. The molecule has 0 aliphatic rings. The molecule has 1 aromatic carbocycles. The molecule has 0 saturated heterocycles. The molecule has 108 valence electrons. The Labute approximate surface area is 121 Å². The van der Waals surface area contributed by atoms with Gasteiger partial charge in [0.15, 0.2) is 0 Å². The van der Waals surface area contributed by atoms with Crippen LogP contribution in [0, 0.1) is 6.92 Å². The average molecular weight is 318 g/mol. The molecule has 1 heterocycles. The molecule has 2 aromatic rings. The van der Waals surface area contributed by atoms with Gasteiger partial charge in [-0.25, -0.2) is 13.1 Å². The van der Waals surface area contributed by atoms with E-state index in [2.05, 4.69) is 14.9 Å². The van der Waals surface area contributed by atoms with Crippen molar-refractivity contribution in [2.45, 2.75) is 18.4 Å². The number of nitrogens with zero attached hydrogens (tertiary/aromatic N) is 2. The molecule has 0 aliphatic carbocycles. The Balaban J connectivity index is 2.24. The molecule has 0 atom stereocenters. The number of sulfonamides is 1. The summed E-state index contributed by atoms with van der Waals surface area (Å²) in [7, 11) is -2.42. The zero-order valence-corrected chi connectivity index (χ0v) is 12.3. The SMILES string of the molecule is COc1ccc(Cl)cc1S(=O)(=O)NCc1nnc(C)o1. The predicted molar refractivity (Wildman–Crippen MR) is 71.1 cm³/mol. The van der Waals surface area contributed by atoms with Crippen LogP contribution < -0.4 is 9.46 Å². The first-order valence-corrected chi connectivity index (χ1v) is 7.40. The summed E-state index contributed by atoms with van der Waals surface area (Å²) in [6.45, 7) is 1.50. The lowest BCUT2D eigenvalue weighted by Crippen LogP contribution is -2.24. The van der Waals surface area contributed by atoms with Crippen LogP contribution in [0.2, 0.25) is 5.02 Å². The molecular weight excluding hydrogens is 306 g/mol. The minimum Gasteiger partial charge on any atom is -0.495 e. The van der Waals surface area contributed by atoms with Gasteiger partial charge < -0.3 is 9.15 Å². The number of ether oxygens (including phenoxy) is 1. The van der Waals surface area contributed by atoms with Crippen LogP contribution in [0.1, 0.15) is 11.8 Å². The van der Waals surface area contributed by atoms with Crippen molar-refractivity contribution in [3.05, 3.63) is 35.0 Å². The quantitative estimate of drug-likeness (QED) is 0.898. The summed E-state index contributed by atoms with van der Waals surface area (Å²) in [6.07, 6.45) is 0. The Morgan fingerprint density at radius 2 is 2.15 bits per heavy atom. The maximum atomic E-state index is 12.2. The van der Waals surface area contributed by atoms with Crippen molar-refractivity contribution < 1.29 is 17.6 Å². The minimum absolute atomic E-state index is 0.0521. The summed E-state index contributed by atoms with van der Waals surface area (Å²) in [5, 5.41) is 7.60. The van der Waals surface area contributed by atoms with E-state index >= 15 is 0 Å². The van der Waals surface area contributed by atoms with Crippen molar-refractivity contribution >= 4 is 21.6 Å². The third-order valence-corrected chi connectivity index (χ3v) is 4.05. The third-order valence-electron chi connectivity index (χ3n) is 2.40. The van der Waals surface area contributed by atoms with E-state index in [4.69, 9.17) is 20.8 Å². The van der Waals surface area contributed by atoms with Crippen molar-refractivity contribution in [2.24, 2.45) is 0 Å². The normalized spacial score (nSPS) is 11.6. The summed E-state index contributed by atoms with van der Waals surface area (Å²) >= 11 is 5.81. The maximum absolute atomic E-state index is 12.2. The summed E-state index contributed by atoms with van der Waals surface area (Å²) in [6, 6.07) is 4.33. The number of aryl methyl sites for hydroxylation is 1. The van der Waals surface area contributed by atoms with E-state index in [1.165, 1.54) is 19.2 Å². The summed E-state index contributed by atoms with van der Waals surface area (Å²) in [4.78, 5) is -0.0521. The van der Waals surface area contributed by atoms with Crippen LogP contribution in [0.3, 0.4) is 0 Å². The molecule has 7 nitrogen and oxygen atoms in total. The van der Waals surface area contributed by atoms with E-state index in [9.17, 15) is 8.42 Å². The molecular formula is C11H12ClN3O4S. The Morgan fingerprint density at radius 3 is 2.75 bits per heavy atom. The molecule has 0 aliphatic heterocycles. The molecule has 0 fully saturated rings. The van der Waals surface area contributed by atoms with E-state index in [1.54, 1.807) is 13.0 Å². The third kappa shape index (κ3) is 3.27. The Kier molecular flexibility index (Phi) is 4.26. The minimum atomic E-state index is -3.80. The van der Waals surface area contributed by atoms with Gasteiger partial charge in [0.1, 0.15) is 10.6 Å². The number of halogens is 1. The Morgan fingerprint density at radius 1 is 1.40 bits per heavy atom. The molecule has 1 N–H and O–H groups in total. The lowest BCUT2D eigenvalue weighted by molar-refractivity contribution is 0.402. The van der Waals surface area contributed by atoms with Gasteiger partial charge in [0.25, 0.3) is 0 Å². The van der Waals surface area contributed by atoms with Crippen LogP contribution in [0.4, 0.5) is 0 Å². The molecule has 9 heteroatoms. The summed E-state index contributed by atoms with van der Waals surface area (Å²) < 4.78 is 36.9. The predicted octanol–water partition coefficient (Wildman–Crippen LogP) is 1.52. The first-order chi connectivity index (χ1) is 9.42. The van der Waals surface area contributed by atoms with Gasteiger partial charge in [-0.2, -0.15) is 0 Å². The molecule has 20 heavy (non-hydrogen) atoms. The molecule has 2 rings (SSSR count). The van der Waals surface area contributed by atoms with Crippen molar-refractivity contribution in [3.63, 3.8) is 0 Å². The lowest BCUT2D eigenvalue weighted by Gasteiger charge is -2.10. The van der Waals surface area contributed by atoms with Crippen LogP contribution in [0.25, 0.3) is 0 Å². The Hall–Kier alpha value is -1.64. The molecule has 0 saturated carbocycles. The molecule has 1 aromatic heterocycles. The van der Waals surface area contributed by atoms with Crippen LogP contribution in [0.15, 0.2) is 27.5 Å². The molecule has 0 amide bonds. The highest BCUT2D eigenvalue weighted by Crippen LogP contribution is 2.26. The molecule has 0 unspecified atom stereocenters. The van der Waals surface area contributed by atoms with Gasteiger partial charge in [-0.1, -0.05) is 11.6 Å². The number of benzene rings is 1. The number of hydrogen-bond donors (Lipinski definition) is 1. The van der Waals surface area contributed by atoms with Gasteiger partial charge in [-0.15, -0.1) is 10.2 Å². The van der Waals surface area contributed by atoms with E-state index < -0.39 is 10.0 Å². The van der Waals surface area contributed by atoms with E-state index in [1.807, 2.05) is 0 Å². The second-order valence-electron chi connectivity index (χ2n) is 3.83. The first kappa shape index (κ1) is 14.8. The van der Waals surface area contributed by atoms with Gasteiger partial charge in [0.05, 0.1) is 13.7 Å². The average Bonchev–Trinajstić information content (AvgIpc) is 2.82. The van der Waals surface area contributed by atoms with Crippen molar-refractivity contribution in [3.8, 4) is 5.75 Å². The second-order valence-corrected chi connectivity index (χ2v) is 6.01. The summed E-state index contributed by atoms with van der Waals surface area (Å²) in [5.41, 5.74) is 0. The van der Waals surface area contributed by atoms with E-state index in [-0.39, 0.29) is 23.1 Å². The van der Waals surface area contributed by atoms with Gasteiger partial charge >= 0.3 is 0 Å². The van der Waals surface area contributed by atoms with Crippen molar-refractivity contribution in [1.82, 2.24) is 14.9 Å². The Bertz CT molecular complexity index is 714. The monoisotopic (exact) mass is 317 g/mol. The molecule has 0 spiro atoms. The fourth-order valence-corrected chi connectivity index (χ4v) is 2.91. The highest BCUT2D eigenvalue weighted by atomic mass is 35.5.